The molecule has 1 unspecified atom stereocenters. The fourth-order valence-electron chi connectivity index (χ4n) is 2.05. The molecule has 2 rings (SSSR count). The Labute approximate surface area is 125 Å². The third kappa shape index (κ3) is 3.73. The standard InChI is InChI=1S/C15H14F2IN/c1-19-15(8-10-3-2-4-11(16)7-10)13-6-5-12(17)9-14(13)18/h2-7,9,15,19H,8H2,1H3. The van der Waals surface area contributed by atoms with Crippen molar-refractivity contribution in [3.63, 3.8) is 0 Å². The van der Waals surface area contributed by atoms with E-state index in [9.17, 15) is 8.78 Å². The van der Waals surface area contributed by atoms with E-state index in [-0.39, 0.29) is 17.7 Å². The smallest absolute Gasteiger partial charge is 0.124 e. The highest BCUT2D eigenvalue weighted by molar-refractivity contribution is 14.1. The SMILES string of the molecule is CNC(Cc1cccc(F)c1)c1ccc(F)cc1I. The lowest BCUT2D eigenvalue weighted by atomic mass is 9.99. The molecule has 1 N–H and O–H groups in total. The summed E-state index contributed by atoms with van der Waals surface area (Å²) in [5.74, 6) is -0.477. The van der Waals surface area contributed by atoms with Crippen LogP contribution < -0.4 is 5.32 Å². The second-order valence-corrected chi connectivity index (χ2v) is 5.50. The van der Waals surface area contributed by atoms with E-state index >= 15 is 0 Å². The lowest BCUT2D eigenvalue weighted by Crippen LogP contribution is -2.20. The van der Waals surface area contributed by atoms with Crippen LogP contribution in [0.4, 0.5) is 8.78 Å². The van der Waals surface area contributed by atoms with Gasteiger partial charge in [0.2, 0.25) is 0 Å². The quantitative estimate of drug-likeness (QED) is 0.797. The first-order chi connectivity index (χ1) is 9.10. The highest BCUT2D eigenvalue weighted by atomic mass is 127. The van der Waals surface area contributed by atoms with Gasteiger partial charge in [-0.2, -0.15) is 0 Å². The number of hydrogen-bond donors (Lipinski definition) is 1. The van der Waals surface area contributed by atoms with Gasteiger partial charge >= 0.3 is 0 Å². The molecule has 0 amide bonds. The average molecular weight is 373 g/mol. The van der Waals surface area contributed by atoms with Crippen molar-refractivity contribution in [1.29, 1.82) is 0 Å². The Balaban J connectivity index is 2.25. The molecular weight excluding hydrogens is 359 g/mol. The van der Waals surface area contributed by atoms with Crippen LogP contribution in [0.3, 0.4) is 0 Å². The fourth-order valence-corrected chi connectivity index (χ4v) is 2.90. The van der Waals surface area contributed by atoms with Crippen molar-refractivity contribution in [3.05, 3.63) is 68.8 Å². The van der Waals surface area contributed by atoms with Crippen molar-refractivity contribution >= 4 is 22.6 Å². The molecule has 4 heteroatoms. The van der Waals surface area contributed by atoms with Crippen LogP contribution in [0.15, 0.2) is 42.5 Å². The summed E-state index contributed by atoms with van der Waals surface area (Å²) >= 11 is 2.12. The van der Waals surface area contributed by atoms with Crippen molar-refractivity contribution < 1.29 is 8.78 Å². The van der Waals surface area contributed by atoms with Gasteiger partial charge in [0, 0.05) is 9.61 Å². The van der Waals surface area contributed by atoms with E-state index in [2.05, 4.69) is 27.9 Å². The summed E-state index contributed by atoms with van der Waals surface area (Å²) in [4.78, 5) is 0. The predicted octanol–water partition coefficient (Wildman–Crippen LogP) is 4.07. The Bertz CT molecular complexity index is 572. The van der Waals surface area contributed by atoms with Crippen LogP contribution in [0.2, 0.25) is 0 Å². The minimum absolute atomic E-state index is 0.0364. The molecule has 0 aliphatic rings. The van der Waals surface area contributed by atoms with Crippen molar-refractivity contribution in [1.82, 2.24) is 5.32 Å². The first-order valence-electron chi connectivity index (χ1n) is 5.97. The van der Waals surface area contributed by atoms with Gasteiger partial charge in [-0.05, 0) is 71.5 Å². The van der Waals surface area contributed by atoms with Gasteiger partial charge in [-0.3, -0.25) is 0 Å². The lowest BCUT2D eigenvalue weighted by Gasteiger charge is -2.18. The molecule has 1 nitrogen and oxygen atoms in total. The van der Waals surface area contributed by atoms with Gasteiger partial charge in [0.05, 0.1) is 0 Å². The Morgan fingerprint density at radius 1 is 1.11 bits per heavy atom. The first-order valence-corrected chi connectivity index (χ1v) is 7.04. The number of benzene rings is 2. The van der Waals surface area contributed by atoms with E-state index < -0.39 is 0 Å². The van der Waals surface area contributed by atoms with Crippen LogP contribution in [-0.2, 0) is 6.42 Å². The van der Waals surface area contributed by atoms with E-state index in [1.807, 2.05) is 13.1 Å². The molecule has 100 valence electrons. The Hall–Kier alpha value is -1.01. The molecule has 19 heavy (non-hydrogen) atoms. The van der Waals surface area contributed by atoms with E-state index in [0.717, 1.165) is 14.7 Å². The second-order valence-electron chi connectivity index (χ2n) is 4.34. The van der Waals surface area contributed by atoms with Crippen molar-refractivity contribution in [2.45, 2.75) is 12.5 Å². The van der Waals surface area contributed by atoms with E-state index in [0.29, 0.717) is 6.42 Å². The van der Waals surface area contributed by atoms with Crippen LogP contribution in [0.25, 0.3) is 0 Å². The third-order valence-electron chi connectivity index (χ3n) is 3.02. The van der Waals surface area contributed by atoms with Crippen molar-refractivity contribution in [2.24, 2.45) is 0 Å². The summed E-state index contributed by atoms with van der Waals surface area (Å²) in [6.45, 7) is 0. The molecule has 0 spiro atoms. The summed E-state index contributed by atoms with van der Waals surface area (Å²) in [6, 6.07) is 11.3. The number of nitrogens with one attached hydrogen (secondary N) is 1. The van der Waals surface area contributed by atoms with Crippen LogP contribution in [0.5, 0.6) is 0 Å². The Morgan fingerprint density at radius 2 is 1.84 bits per heavy atom. The molecule has 0 aromatic heterocycles. The van der Waals surface area contributed by atoms with Crippen LogP contribution in [0.1, 0.15) is 17.2 Å². The van der Waals surface area contributed by atoms with Crippen LogP contribution in [-0.4, -0.2) is 7.05 Å². The molecule has 0 heterocycles. The molecule has 0 aliphatic heterocycles. The van der Waals surface area contributed by atoms with Gasteiger partial charge in [0.25, 0.3) is 0 Å². The Kier molecular flexibility index (Phi) is 4.87. The molecule has 2 aromatic rings. The van der Waals surface area contributed by atoms with Gasteiger partial charge in [0.1, 0.15) is 11.6 Å². The maximum Gasteiger partial charge on any atom is 0.124 e. The first kappa shape index (κ1) is 14.4. The lowest BCUT2D eigenvalue weighted by molar-refractivity contribution is 0.577. The van der Waals surface area contributed by atoms with Crippen molar-refractivity contribution in [3.8, 4) is 0 Å². The zero-order valence-electron chi connectivity index (χ0n) is 10.5. The number of likely N-dealkylation sites (N-methyl/N-ethyl adjacent to an activating group) is 1. The van der Waals surface area contributed by atoms with Crippen LogP contribution in [0, 0.1) is 15.2 Å². The summed E-state index contributed by atoms with van der Waals surface area (Å²) < 4.78 is 27.2. The maximum atomic E-state index is 13.2. The zero-order valence-corrected chi connectivity index (χ0v) is 12.6. The van der Waals surface area contributed by atoms with E-state index in [1.165, 1.54) is 24.3 Å². The average Bonchev–Trinajstić information content (AvgIpc) is 2.37. The van der Waals surface area contributed by atoms with Gasteiger partial charge in [-0.15, -0.1) is 0 Å². The molecule has 0 saturated carbocycles. The highest BCUT2D eigenvalue weighted by Gasteiger charge is 2.14. The molecule has 0 saturated heterocycles. The molecular formula is C15H14F2IN. The van der Waals surface area contributed by atoms with Gasteiger partial charge in [-0.1, -0.05) is 18.2 Å². The normalized spacial score (nSPS) is 12.4. The number of rotatable bonds is 4. The van der Waals surface area contributed by atoms with Gasteiger partial charge < -0.3 is 5.32 Å². The monoisotopic (exact) mass is 373 g/mol. The molecule has 0 fully saturated rings. The minimum atomic E-state index is -0.242. The van der Waals surface area contributed by atoms with Crippen LogP contribution >= 0.6 is 22.6 Å². The Morgan fingerprint density at radius 3 is 2.47 bits per heavy atom. The topological polar surface area (TPSA) is 12.0 Å². The second kappa shape index (κ2) is 6.43. The van der Waals surface area contributed by atoms with Gasteiger partial charge in [0.15, 0.2) is 0 Å². The fraction of sp³-hybridized carbons (Fsp3) is 0.200. The predicted molar refractivity (Wildman–Crippen MR) is 81.0 cm³/mol. The molecule has 0 bridgehead atoms. The summed E-state index contributed by atoms with van der Waals surface area (Å²) in [5.41, 5.74) is 1.94. The minimum Gasteiger partial charge on any atom is -0.313 e. The molecule has 1 atom stereocenters. The highest BCUT2D eigenvalue weighted by Crippen LogP contribution is 2.24. The largest absolute Gasteiger partial charge is 0.313 e. The summed E-state index contributed by atoms with van der Waals surface area (Å²) in [7, 11) is 1.85. The summed E-state index contributed by atoms with van der Waals surface area (Å²) in [5, 5.41) is 3.20. The molecule has 0 radical (unpaired) electrons. The number of halogens is 3. The molecule has 0 aliphatic carbocycles. The van der Waals surface area contributed by atoms with Gasteiger partial charge in [-0.25, -0.2) is 8.78 Å². The van der Waals surface area contributed by atoms with E-state index in [4.69, 9.17) is 0 Å². The molecule has 2 aromatic carbocycles. The zero-order chi connectivity index (χ0) is 13.8. The maximum absolute atomic E-state index is 13.2. The third-order valence-corrected chi connectivity index (χ3v) is 3.95. The summed E-state index contributed by atoms with van der Waals surface area (Å²) in [6.07, 6.45) is 0.663. The number of hydrogen-bond acceptors (Lipinski definition) is 1. The van der Waals surface area contributed by atoms with E-state index in [1.54, 1.807) is 12.1 Å². The van der Waals surface area contributed by atoms with Crippen molar-refractivity contribution in [2.75, 3.05) is 7.05 Å².